The molecule has 6 aromatic carbocycles. The van der Waals surface area contributed by atoms with Crippen LogP contribution in [0.15, 0.2) is 193 Å². The molecule has 0 amide bonds. The monoisotopic (exact) mass is 787 g/mol. The second-order valence-corrected chi connectivity index (χ2v) is 22.1. The molecule has 0 radical (unpaired) electrons. The molecule has 3 unspecified atom stereocenters. The van der Waals surface area contributed by atoms with Gasteiger partial charge in [0.15, 0.2) is 0 Å². The van der Waals surface area contributed by atoms with Gasteiger partial charge in [-0.05, 0) is 11.5 Å². The van der Waals surface area contributed by atoms with Gasteiger partial charge in [-0.25, -0.2) is 0 Å². The van der Waals surface area contributed by atoms with Gasteiger partial charge in [0, 0.05) is 5.92 Å². The van der Waals surface area contributed by atoms with Crippen LogP contribution >= 0.6 is 18.2 Å². The molecular formula is C54H46NOPS. The van der Waals surface area contributed by atoms with Gasteiger partial charge in [-0.1, -0.05) is 43.4 Å². The molecule has 2 aliphatic rings. The van der Waals surface area contributed by atoms with Crippen molar-refractivity contribution >= 4 is 59.9 Å². The molecule has 2 aliphatic carbocycles. The first-order valence-electron chi connectivity index (χ1n) is 20.4. The number of benzene rings is 6. The van der Waals surface area contributed by atoms with Crippen molar-refractivity contribution in [2.24, 2.45) is 11.8 Å². The topological polar surface area (TPSA) is 33.1 Å². The van der Waals surface area contributed by atoms with E-state index in [0.29, 0.717) is 17.8 Å². The van der Waals surface area contributed by atoms with Gasteiger partial charge >= 0.3 is 286 Å². The zero-order valence-electron chi connectivity index (χ0n) is 33.1. The molecule has 1 N–H and O–H groups in total. The fraction of sp³-hybridized carbons (Fsp3) is 0.130. The molecule has 0 bridgehead atoms. The van der Waals surface area contributed by atoms with Crippen molar-refractivity contribution in [2.45, 2.75) is 26.2 Å². The molecule has 2 heterocycles. The third kappa shape index (κ3) is 6.04. The van der Waals surface area contributed by atoms with E-state index in [1.165, 1.54) is 36.7 Å². The summed E-state index contributed by atoms with van der Waals surface area (Å²) in [6.07, 6.45) is 16.3. The predicted octanol–water partition coefficient (Wildman–Crippen LogP) is 14.0. The van der Waals surface area contributed by atoms with Gasteiger partial charge in [-0.3, -0.25) is 0 Å². The predicted molar refractivity (Wildman–Crippen MR) is 253 cm³/mol. The quantitative estimate of drug-likeness (QED) is 0.163. The van der Waals surface area contributed by atoms with Gasteiger partial charge in [0.25, 0.3) is 0 Å². The Hall–Kier alpha value is -5.70. The molecule has 2 nitrogen and oxygen atoms in total. The number of hydrogen-bond acceptors (Lipinski definition) is 3. The van der Waals surface area contributed by atoms with E-state index in [1.807, 2.05) is 29.5 Å². The van der Waals surface area contributed by atoms with Crippen molar-refractivity contribution in [1.29, 1.82) is 0 Å². The first-order chi connectivity index (χ1) is 28.3. The summed E-state index contributed by atoms with van der Waals surface area (Å²) in [6, 6.07) is 52.3. The number of para-hydroxylation sites is 1. The molecule has 10 rings (SSSR count). The summed E-state index contributed by atoms with van der Waals surface area (Å²) in [4.78, 5) is 19.0. The van der Waals surface area contributed by atoms with E-state index < -0.39 is 6.83 Å². The Kier molecular flexibility index (Phi) is 9.03. The summed E-state index contributed by atoms with van der Waals surface area (Å²) in [5.74, 6) is 1.13. The SMILES string of the molecule is CC1C=CC=C(P(C)(O)(c2ccccc2)c2cccc(-c3cccc(-c4nc5c(-c6cccc(C7C=CC=CC7C)c6)cccc5c5c4sc4ccccc45)c3)c2)C1. The van der Waals surface area contributed by atoms with Crippen molar-refractivity contribution in [3.8, 4) is 33.5 Å². The molecule has 0 aliphatic heterocycles. The number of thiophene rings is 1. The van der Waals surface area contributed by atoms with E-state index in [-0.39, 0.29) is 0 Å². The number of nitrogens with zero attached hydrogens (tertiary/aromatic N) is 1. The Morgan fingerprint density at radius 3 is 2.16 bits per heavy atom. The fourth-order valence-corrected chi connectivity index (χ4v) is 14.5. The zero-order chi connectivity index (χ0) is 39.5. The Balaban J connectivity index is 1.15. The average Bonchev–Trinajstić information content (AvgIpc) is 3.67. The van der Waals surface area contributed by atoms with E-state index in [2.05, 4.69) is 190 Å². The van der Waals surface area contributed by atoms with Crippen LogP contribution in [0.2, 0.25) is 0 Å². The number of aromatic nitrogens is 1. The van der Waals surface area contributed by atoms with Crippen molar-refractivity contribution in [2.75, 3.05) is 6.66 Å². The van der Waals surface area contributed by atoms with E-state index in [1.54, 1.807) is 0 Å². The van der Waals surface area contributed by atoms with Crippen LogP contribution in [0.3, 0.4) is 0 Å². The maximum absolute atomic E-state index is 13.4. The molecule has 4 heteroatoms. The second kappa shape index (κ2) is 14.3. The van der Waals surface area contributed by atoms with Gasteiger partial charge < -0.3 is 0 Å². The third-order valence-electron chi connectivity index (χ3n) is 12.6. The van der Waals surface area contributed by atoms with Crippen LogP contribution in [0.5, 0.6) is 0 Å². The minimum atomic E-state index is -3.75. The van der Waals surface area contributed by atoms with Gasteiger partial charge in [-0.15, -0.1) is 0 Å². The first kappa shape index (κ1) is 36.6. The number of rotatable bonds is 7. The van der Waals surface area contributed by atoms with Crippen LogP contribution in [0.25, 0.3) is 64.6 Å². The van der Waals surface area contributed by atoms with Crippen molar-refractivity contribution in [3.63, 3.8) is 0 Å². The summed E-state index contributed by atoms with van der Waals surface area (Å²) >= 11 is 1.83. The van der Waals surface area contributed by atoms with E-state index in [0.717, 1.165) is 55.8 Å². The average molecular weight is 788 g/mol. The van der Waals surface area contributed by atoms with Crippen LogP contribution in [-0.4, -0.2) is 16.5 Å². The van der Waals surface area contributed by atoms with Crippen LogP contribution in [0, 0.1) is 11.8 Å². The summed E-state index contributed by atoms with van der Waals surface area (Å²) in [6.45, 7) is 2.89. The molecule has 0 spiro atoms. The van der Waals surface area contributed by atoms with E-state index >= 15 is 0 Å². The summed E-state index contributed by atoms with van der Waals surface area (Å²) in [7, 11) is 0. The molecule has 2 aromatic heterocycles. The van der Waals surface area contributed by atoms with E-state index in [9.17, 15) is 4.89 Å². The summed E-state index contributed by atoms with van der Waals surface area (Å²) in [5.41, 5.74) is 8.90. The molecule has 0 saturated carbocycles. The zero-order valence-corrected chi connectivity index (χ0v) is 34.8. The van der Waals surface area contributed by atoms with Crippen LogP contribution in [-0.2, 0) is 0 Å². The number of pyridine rings is 1. The number of fused-ring (bicyclic) bond motifs is 5. The Morgan fingerprint density at radius 2 is 1.31 bits per heavy atom. The molecule has 3 atom stereocenters. The normalized spacial score (nSPS) is 18.7. The second-order valence-electron chi connectivity index (χ2n) is 16.4. The van der Waals surface area contributed by atoms with E-state index in [4.69, 9.17) is 4.98 Å². The number of hydrogen-bond donors (Lipinski definition) is 1. The third-order valence-corrected chi connectivity index (χ3v) is 18.6. The van der Waals surface area contributed by atoms with Crippen molar-refractivity contribution < 1.29 is 4.89 Å². The Labute approximate surface area is 345 Å². The van der Waals surface area contributed by atoms with Crippen molar-refractivity contribution in [3.05, 3.63) is 199 Å². The molecular weight excluding hydrogens is 742 g/mol. The van der Waals surface area contributed by atoms with Crippen LogP contribution in [0.1, 0.15) is 31.7 Å². The maximum atomic E-state index is 13.4. The van der Waals surface area contributed by atoms with Gasteiger partial charge in [0.05, 0.1) is 0 Å². The van der Waals surface area contributed by atoms with Gasteiger partial charge in [-0.2, -0.15) is 0 Å². The fourth-order valence-electron chi connectivity index (χ4n) is 9.36. The van der Waals surface area contributed by atoms with Gasteiger partial charge in [0.2, 0.25) is 0 Å². The van der Waals surface area contributed by atoms with Crippen LogP contribution < -0.4 is 10.6 Å². The molecule has 8 aromatic rings. The Morgan fingerprint density at radius 1 is 0.621 bits per heavy atom. The molecule has 58 heavy (non-hydrogen) atoms. The summed E-state index contributed by atoms with van der Waals surface area (Å²) in [5, 5.41) is 6.78. The standard InChI is InChI=1S/C54H46NOPS/c1-36-16-11-25-44(32-36)57(3,56,43-23-5-4-6-24-43)45-26-14-19-39(35-45)38-18-12-22-42(33-38)52-54-51(48-28-9-10-31-50(48)58-54)49-30-15-29-47(53(49)55-52)41-21-13-20-40(34-41)46-27-8-7-17-37(46)2/h4-31,33-37,46,56H,32H2,1-3H3. The molecule has 0 saturated heterocycles. The summed E-state index contributed by atoms with van der Waals surface area (Å²) < 4.78 is 2.46. The minimum absolute atomic E-state index is 0.339. The first-order valence-corrected chi connectivity index (χ1v) is 23.8. The number of allylic oxidation sites excluding steroid dienone is 8. The van der Waals surface area contributed by atoms with Gasteiger partial charge in [0.1, 0.15) is 0 Å². The van der Waals surface area contributed by atoms with Crippen LogP contribution in [0.4, 0.5) is 0 Å². The molecule has 0 fully saturated rings. The Bertz CT molecular complexity index is 3020. The van der Waals surface area contributed by atoms with Crippen molar-refractivity contribution in [1.82, 2.24) is 4.98 Å². The molecule has 284 valence electrons.